The molecule has 1 N–H and O–H groups in total. The Morgan fingerprint density at radius 3 is 1.91 bits per heavy atom. The number of rotatable bonds is 16. The predicted octanol–water partition coefficient (Wildman–Crippen LogP) is 12.9. The molecule has 8 aromatic rings. The number of allylic oxidation sites excluding steroid dienone is 3. The summed E-state index contributed by atoms with van der Waals surface area (Å²) in [5.41, 5.74) is 8.92. The number of nitro groups is 1. The summed E-state index contributed by atoms with van der Waals surface area (Å²) >= 11 is 0. The Morgan fingerprint density at radius 1 is 0.576 bits per heavy atom. The molecule has 10 heteroatoms. The lowest BCUT2D eigenvalue weighted by Crippen LogP contribution is -2.18. The molecule has 0 aromatic heterocycles. The summed E-state index contributed by atoms with van der Waals surface area (Å²) in [4.78, 5) is 50.8. The van der Waals surface area contributed by atoms with Crippen LogP contribution in [0.15, 0.2) is 133 Å². The lowest BCUT2D eigenvalue weighted by Gasteiger charge is -2.25. The normalized spacial score (nSPS) is 12.7. The lowest BCUT2D eigenvalue weighted by atomic mass is 9.79. The van der Waals surface area contributed by atoms with Crippen molar-refractivity contribution in [3.63, 3.8) is 0 Å². The molecular formula is C56H46N2O8. The Hall–Kier alpha value is -7.85. The zero-order chi connectivity index (χ0) is 45.1. The molecule has 1 amide bonds. The van der Waals surface area contributed by atoms with Gasteiger partial charge in [0.15, 0.2) is 0 Å². The van der Waals surface area contributed by atoms with E-state index < -0.39 is 17.0 Å². The van der Waals surface area contributed by atoms with Gasteiger partial charge in [-0.2, -0.15) is 0 Å². The smallest absolute Gasteiger partial charge is 0.411 e. The fraction of sp³-hybridized carbons (Fsp3) is 0.196. The predicted molar refractivity (Wildman–Crippen MR) is 258 cm³/mol. The zero-order valence-electron chi connectivity index (χ0n) is 36.3. The van der Waals surface area contributed by atoms with E-state index >= 15 is 0 Å². The molecule has 0 bridgehead atoms. The SMILES string of the molecule is O=C(CCCc1ccc2ccc3c4c2c1CC=C4CC=C3)OCc1cccc(COC(=O)CCCc2ccc3ccc4cccc5ccc2c3c45)c1NC(=O)OCc1ccccc1[N+](=O)[O-]. The number of nitrogens with zero attached hydrogens (tertiary/aromatic N) is 1. The maximum atomic E-state index is 13.3. The number of para-hydroxylation sites is 2. The quantitative estimate of drug-likeness (QED) is 0.0333. The number of carbonyl (C=O) groups excluding carboxylic acids is 3. The highest BCUT2D eigenvalue weighted by Gasteiger charge is 2.23. The fourth-order valence-electron chi connectivity index (χ4n) is 9.80. The molecule has 2 aliphatic rings. The molecular weight excluding hydrogens is 829 g/mol. The van der Waals surface area contributed by atoms with E-state index in [0.717, 1.165) is 24.8 Å². The Kier molecular flexibility index (Phi) is 11.7. The first-order chi connectivity index (χ1) is 32.3. The Balaban J connectivity index is 0.794. The first-order valence-corrected chi connectivity index (χ1v) is 22.5. The van der Waals surface area contributed by atoms with E-state index in [0.29, 0.717) is 30.4 Å². The number of anilines is 1. The van der Waals surface area contributed by atoms with E-state index in [1.807, 2.05) is 0 Å². The average Bonchev–Trinajstić information content (AvgIpc) is 3.34. The van der Waals surface area contributed by atoms with Crippen LogP contribution in [0.5, 0.6) is 0 Å². The van der Waals surface area contributed by atoms with Crippen LogP contribution in [0.3, 0.4) is 0 Å². The monoisotopic (exact) mass is 874 g/mol. The van der Waals surface area contributed by atoms with Gasteiger partial charge in [0.25, 0.3) is 5.69 Å². The minimum Gasteiger partial charge on any atom is -0.461 e. The van der Waals surface area contributed by atoms with E-state index in [1.54, 1.807) is 24.3 Å². The molecule has 0 heterocycles. The van der Waals surface area contributed by atoms with Crippen LogP contribution in [-0.2, 0) is 62.9 Å². The van der Waals surface area contributed by atoms with Crippen molar-refractivity contribution in [3.8, 4) is 0 Å². The number of esters is 2. The second-order valence-corrected chi connectivity index (χ2v) is 17.0. The highest BCUT2D eigenvalue weighted by molar-refractivity contribution is 6.23. The zero-order valence-corrected chi connectivity index (χ0v) is 36.3. The van der Waals surface area contributed by atoms with Crippen LogP contribution < -0.4 is 5.32 Å². The van der Waals surface area contributed by atoms with Gasteiger partial charge in [-0.3, -0.25) is 25.0 Å². The van der Waals surface area contributed by atoms with Gasteiger partial charge in [0.1, 0.15) is 19.8 Å². The number of aryl methyl sites for hydroxylation is 2. The van der Waals surface area contributed by atoms with E-state index in [-0.39, 0.29) is 55.6 Å². The number of hydrogen-bond donors (Lipinski definition) is 1. The summed E-state index contributed by atoms with van der Waals surface area (Å²) in [6.07, 6.45) is 10.6. The molecule has 0 unspecified atom stereocenters. The molecule has 10 rings (SSSR count). The molecule has 328 valence electrons. The summed E-state index contributed by atoms with van der Waals surface area (Å²) in [7, 11) is 0. The van der Waals surface area contributed by atoms with Gasteiger partial charge in [0.2, 0.25) is 0 Å². The van der Waals surface area contributed by atoms with Crippen LogP contribution in [0.4, 0.5) is 16.2 Å². The van der Waals surface area contributed by atoms with Crippen molar-refractivity contribution in [2.75, 3.05) is 5.32 Å². The minimum atomic E-state index is -0.883. The second kappa shape index (κ2) is 18.3. The molecule has 0 spiro atoms. The Morgan fingerprint density at radius 2 is 1.17 bits per heavy atom. The van der Waals surface area contributed by atoms with Crippen molar-refractivity contribution in [2.24, 2.45) is 0 Å². The van der Waals surface area contributed by atoms with Gasteiger partial charge in [0, 0.05) is 30.0 Å². The van der Waals surface area contributed by atoms with Crippen molar-refractivity contribution in [1.82, 2.24) is 0 Å². The fourth-order valence-corrected chi connectivity index (χ4v) is 9.80. The Bertz CT molecular complexity index is 3280. The third-order valence-electron chi connectivity index (χ3n) is 13.0. The van der Waals surface area contributed by atoms with Gasteiger partial charge in [-0.15, -0.1) is 0 Å². The average molecular weight is 875 g/mol. The van der Waals surface area contributed by atoms with Gasteiger partial charge in [0.05, 0.1) is 16.2 Å². The van der Waals surface area contributed by atoms with Crippen molar-refractivity contribution >= 4 is 84.1 Å². The second-order valence-electron chi connectivity index (χ2n) is 17.0. The molecule has 66 heavy (non-hydrogen) atoms. The largest absolute Gasteiger partial charge is 0.461 e. The number of nitrogens with one attached hydrogen (secondary N) is 1. The van der Waals surface area contributed by atoms with Gasteiger partial charge in [-0.05, 0) is 121 Å². The van der Waals surface area contributed by atoms with Gasteiger partial charge < -0.3 is 14.2 Å². The third kappa shape index (κ3) is 8.45. The van der Waals surface area contributed by atoms with Crippen LogP contribution in [0.1, 0.15) is 76.6 Å². The third-order valence-corrected chi connectivity index (χ3v) is 13.0. The molecule has 0 aliphatic heterocycles. The number of nitro benzene ring substituents is 1. The topological polar surface area (TPSA) is 134 Å². The molecule has 0 saturated heterocycles. The van der Waals surface area contributed by atoms with E-state index in [2.05, 4.69) is 102 Å². The van der Waals surface area contributed by atoms with Gasteiger partial charge in [-0.1, -0.05) is 127 Å². The molecule has 8 aromatic carbocycles. The number of amides is 1. The van der Waals surface area contributed by atoms with Crippen LogP contribution in [0, 0.1) is 10.1 Å². The summed E-state index contributed by atoms with van der Waals surface area (Å²) < 4.78 is 17.0. The highest BCUT2D eigenvalue weighted by Crippen LogP contribution is 2.42. The van der Waals surface area contributed by atoms with Crippen molar-refractivity contribution < 1.29 is 33.5 Å². The molecule has 0 radical (unpaired) electrons. The van der Waals surface area contributed by atoms with Crippen LogP contribution >= 0.6 is 0 Å². The standard InChI is InChI=1S/C56H46N2O8/c59-49(18-6-9-35-20-22-41-26-24-37-11-3-13-39-28-30-46(35)53(41)51(37)39)64-33-44-15-5-16-45(55(44)57-56(61)66-32-43-8-1-2-17-48(43)58(62)63)34-65-50(60)19-7-10-36-21-23-42-27-25-38-12-4-14-40-29-31-47(36)54(42)52(38)40/h1-5,8,11-13,15-17,20-30H,6-7,9-10,14,18-19,31-34H2,(H,57,61). The number of carbonyl (C=O) groups is 3. The summed E-state index contributed by atoms with van der Waals surface area (Å²) in [6.45, 7) is -0.677. The first kappa shape index (κ1) is 42.1. The molecule has 10 nitrogen and oxygen atoms in total. The summed E-state index contributed by atoms with van der Waals surface area (Å²) in [6, 6.07) is 39.1. The molecule has 2 aliphatic carbocycles. The Labute approximate surface area is 381 Å². The van der Waals surface area contributed by atoms with E-state index in [1.165, 1.54) is 89.1 Å². The number of hydrogen-bond acceptors (Lipinski definition) is 8. The van der Waals surface area contributed by atoms with E-state index in [4.69, 9.17) is 14.2 Å². The molecule has 0 fully saturated rings. The van der Waals surface area contributed by atoms with Crippen LogP contribution in [-0.4, -0.2) is 23.0 Å². The van der Waals surface area contributed by atoms with Crippen molar-refractivity contribution in [3.05, 3.63) is 188 Å². The van der Waals surface area contributed by atoms with Crippen molar-refractivity contribution in [1.29, 1.82) is 0 Å². The van der Waals surface area contributed by atoms with Gasteiger partial charge >= 0.3 is 18.0 Å². The summed E-state index contributed by atoms with van der Waals surface area (Å²) in [5.74, 6) is -0.788. The number of benzene rings is 8. The maximum Gasteiger partial charge on any atom is 0.411 e. The lowest BCUT2D eigenvalue weighted by molar-refractivity contribution is -0.385. The summed E-state index contributed by atoms with van der Waals surface area (Å²) in [5, 5.41) is 24.1. The number of ether oxygens (including phenoxy) is 3. The van der Waals surface area contributed by atoms with Crippen LogP contribution in [0.2, 0.25) is 0 Å². The minimum absolute atomic E-state index is 0.159. The maximum absolute atomic E-state index is 13.3. The van der Waals surface area contributed by atoms with Gasteiger partial charge in [-0.25, -0.2) is 4.79 Å². The van der Waals surface area contributed by atoms with E-state index in [9.17, 15) is 24.5 Å². The molecule has 0 atom stereocenters. The van der Waals surface area contributed by atoms with Crippen molar-refractivity contribution in [2.45, 2.75) is 71.2 Å². The first-order valence-electron chi connectivity index (χ1n) is 22.5. The highest BCUT2D eigenvalue weighted by atomic mass is 16.6. The molecule has 0 saturated carbocycles. The van der Waals surface area contributed by atoms with Crippen LogP contribution in [0.25, 0.3) is 54.7 Å².